The van der Waals surface area contributed by atoms with Crippen LogP contribution in [0, 0.1) is 23.1 Å². The van der Waals surface area contributed by atoms with Gasteiger partial charge in [0, 0.05) is 40.0 Å². The van der Waals surface area contributed by atoms with Gasteiger partial charge in [-0.25, -0.2) is 8.78 Å². The van der Waals surface area contributed by atoms with Crippen molar-refractivity contribution in [3.05, 3.63) is 107 Å². The van der Waals surface area contributed by atoms with Crippen LogP contribution < -0.4 is 11.1 Å². The van der Waals surface area contributed by atoms with Crippen LogP contribution in [0.4, 0.5) is 20.2 Å². The van der Waals surface area contributed by atoms with E-state index in [-0.39, 0.29) is 34.7 Å². The molecule has 1 aliphatic carbocycles. The number of rotatable bonds is 8. The van der Waals surface area contributed by atoms with Gasteiger partial charge < -0.3 is 21.4 Å². The largest absolute Gasteiger partial charge is 0.398 e. The molecule has 1 aromatic heterocycles. The Kier molecular flexibility index (Phi) is 7.12. The predicted octanol–water partition coefficient (Wildman–Crippen LogP) is 6.78. The topological polar surface area (TPSA) is 65.1 Å². The summed E-state index contributed by atoms with van der Waals surface area (Å²) < 4.78 is 27.8. The summed E-state index contributed by atoms with van der Waals surface area (Å²) in [6.07, 6.45) is 9.41. The molecule has 34 heavy (non-hydrogen) atoms. The minimum absolute atomic E-state index is 0.00600. The van der Waals surface area contributed by atoms with Crippen molar-refractivity contribution in [2.24, 2.45) is 11.8 Å². The first-order valence-corrected chi connectivity index (χ1v) is 12.0. The van der Waals surface area contributed by atoms with E-state index < -0.39 is 5.82 Å². The first-order chi connectivity index (χ1) is 16.3. The number of hydrogen-bond acceptors (Lipinski definition) is 5. The van der Waals surface area contributed by atoms with Crippen LogP contribution in [0.5, 0.6) is 0 Å². The zero-order chi connectivity index (χ0) is 24.2. The summed E-state index contributed by atoms with van der Waals surface area (Å²) in [5.74, 6) is -0.647. The molecule has 4 rings (SSSR count). The molecule has 176 valence electrons. The zero-order valence-corrected chi connectivity index (χ0v) is 19.7. The van der Waals surface area contributed by atoms with Crippen molar-refractivity contribution in [3.8, 4) is 0 Å². The fourth-order valence-electron chi connectivity index (χ4n) is 4.13. The number of nitrogen functional groups attached to an aromatic ring is 1. The van der Waals surface area contributed by atoms with Crippen LogP contribution in [0.15, 0.2) is 90.4 Å². The van der Waals surface area contributed by atoms with Crippen molar-refractivity contribution in [2.75, 3.05) is 17.6 Å². The number of nitrogens with zero attached hydrogens (tertiary/aromatic N) is 1. The molecule has 0 amide bonds. The standard InChI is InChI=1S/C27H28F2N4S/c1-17-12-20(15-33(17)16-22-4-3-11-34-22)18(2)32-27-13-23(26(31)14-24(27)29)25(30)10-7-19-5-8-21(28)9-6-19/h3-5,7-11,13-14,19-20,30,32H,1-2,6,12,15-16,31H2/b10-7+,30-25?. The second-order valence-corrected chi connectivity index (χ2v) is 9.65. The normalized spacial score (nSPS) is 20.1. The van der Waals surface area contributed by atoms with Gasteiger partial charge in [-0.05, 0) is 60.6 Å². The van der Waals surface area contributed by atoms with Crippen molar-refractivity contribution in [3.63, 3.8) is 0 Å². The highest BCUT2D eigenvalue weighted by molar-refractivity contribution is 7.09. The molecule has 4 nitrogen and oxygen atoms in total. The van der Waals surface area contributed by atoms with E-state index in [1.807, 2.05) is 12.1 Å². The second kappa shape index (κ2) is 10.2. The van der Waals surface area contributed by atoms with Crippen molar-refractivity contribution >= 4 is 28.4 Å². The van der Waals surface area contributed by atoms with Gasteiger partial charge in [0.1, 0.15) is 11.6 Å². The van der Waals surface area contributed by atoms with Crippen LogP contribution in [-0.2, 0) is 6.54 Å². The van der Waals surface area contributed by atoms with E-state index >= 15 is 0 Å². The van der Waals surface area contributed by atoms with Crippen molar-refractivity contribution < 1.29 is 8.78 Å². The lowest BCUT2D eigenvalue weighted by Crippen LogP contribution is -2.20. The highest BCUT2D eigenvalue weighted by Gasteiger charge is 2.28. The van der Waals surface area contributed by atoms with Crippen LogP contribution in [0.25, 0.3) is 0 Å². The number of allylic oxidation sites excluding steroid dienone is 7. The quantitative estimate of drug-likeness (QED) is 0.289. The summed E-state index contributed by atoms with van der Waals surface area (Å²) >= 11 is 1.71. The third kappa shape index (κ3) is 5.54. The molecule has 0 spiro atoms. The highest BCUT2D eigenvalue weighted by atomic mass is 32.1. The Balaban J connectivity index is 1.42. The maximum Gasteiger partial charge on any atom is 0.148 e. The number of thiophene rings is 1. The Hall–Kier alpha value is -3.45. The van der Waals surface area contributed by atoms with Crippen molar-refractivity contribution in [1.82, 2.24) is 4.90 Å². The minimum Gasteiger partial charge on any atom is -0.398 e. The van der Waals surface area contributed by atoms with E-state index in [0.29, 0.717) is 17.7 Å². The van der Waals surface area contributed by atoms with Crippen LogP contribution in [0.3, 0.4) is 0 Å². The monoisotopic (exact) mass is 478 g/mol. The third-order valence-electron chi connectivity index (χ3n) is 6.11. The first-order valence-electron chi connectivity index (χ1n) is 11.1. The number of benzene rings is 1. The number of halogens is 2. The van der Waals surface area contributed by atoms with E-state index in [1.165, 1.54) is 23.1 Å². The summed E-state index contributed by atoms with van der Waals surface area (Å²) in [4.78, 5) is 3.50. The van der Waals surface area contributed by atoms with Crippen LogP contribution in [-0.4, -0.2) is 17.2 Å². The number of nitrogens with one attached hydrogen (secondary N) is 2. The molecule has 2 unspecified atom stereocenters. The predicted molar refractivity (Wildman–Crippen MR) is 138 cm³/mol. The summed E-state index contributed by atoms with van der Waals surface area (Å²) in [5, 5.41) is 13.6. The Morgan fingerprint density at radius 1 is 1.35 bits per heavy atom. The van der Waals surface area contributed by atoms with E-state index in [0.717, 1.165) is 25.2 Å². The molecule has 2 atom stereocenters. The number of hydrogen-bond donors (Lipinski definition) is 3. The molecule has 4 N–H and O–H groups in total. The van der Waals surface area contributed by atoms with Crippen LogP contribution >= 0.6 is 11.3 Å². The van der Waals surface area contributed by atoms with Crippen LogP contribution in [0.2, 0.25) is 0 Å². The van der Waals surface area contributed by atoms with E-state index in [4.69, 9.17) is 11.1 Å². The highest BCUT2D eigenvalue weighted by Crippen LogP contribution is 2.33. The van der Waals surface area contributed by atoms with Gasteiger partial charge in [0.2, 0.25) is 0 Å². The summed E-state index contributed by atoms with van der Waals surface area (Å²) in [7, 11) is 0. The molecular weight excluding hydrogens is 450 g/mol. The molecule has 7 heteroatoms. The molecule has 2 heterocycles. The molecule has 0 bridgehead atoms. The lowest BCUT2D eigenvalue weighted by Gasteiger charge is -2.20. The number of nitrogens with two attached hydrogens (primary N) is 1. The summed E-state index contributed by atoms with van der Waals surface area (Å²) in [6, 6.07) is 6.91. The lowest BCUT2D eigenvalue weighted by molar-refractivity contribution is 0.374. The molecule has 1 fully saturated rings. The molecule has 1 saturated heterocycles. The van der Waals surface area contributed by atoms with Crippen LogP contribution in [0.1, 0.15) is 23.3 Å². The average Bonchev–Trinajstić information content (AvgIpc) is 3.45. The fraction of sp³-hybridized carbons (Fsp3) is 0.222. The van der Waals surface area contributed by atoms with Gasteiger partial charge in [-0.15, -0.1) is 11.3 Å². The van der Waals surface area contributed by atoms with Crippen molar-refractivity contribution in [1.29, 1.82) is 5.41 Å². The molecule has 2 aliphatic rings. The maximum absolute atomic E-state index is 14.7. The Morgan fingerprint density at radius 3 is 2.88 bits per heavy atom. The van der Waals surface area contributed by atoms with E-state index in [9.17, 15) is 8.78 Å². The smallest absolute Gasteiger partial charge is 0.148 e. The molecule has 1 aromatic carbocycles. The Morgan fingerprint density at radius 2 is 2.18 bits per heavy atom. The molecule has 1 aliphatic heterocycles. The Labute approximate surface area is 203 Å². The van der Waals surface area contributed by atoms with E-state index in [2.05, 4.69) is 34.8 Å². The third-order valence-corrected chi connectivity index (χ3v) is 6.97. The fourth-order valence-corrected chi connectivity index (χ4v) is 4.85. The van der Waals surface area contributed by atoms with Gasteiger partial charge in [0.25, 0.3) is 0 Å². The van der Waals surface area contributed by atoms with Crippen molar-refractivity contribution in [2.45, 2.75) is 19.4 Å². The number of anilines is 2. The lowest BCUT2D eigenvalue weighted by atomic mass is 9.98. The zero-order valence-electron chi connectivity index (χ0n) is 18.9. The van der Waals surface area contributed by atoms with Gasteiger partial charge in [0.15, 0.2) is 0 Å². The average molecular weight is 479 g/mol. The van der Waals surface area contributed by atoms with Gasteiger partial charge in [-0.2, -0.15) is 0 Å². The summed E-state index contributed by atoms with van der Waals surface area (Å²) in [5.41, 5.74) is 8.76. The SMILES string of the molecule is C=C(Nc1cc(C(=N)/C=C/C2C=CC(F)=CC2)c(N)cc1F)C1CC(=C)N(Cc2cccs2)C1. The first kappa shape index (κ1) is 23.7. The van der Waals surface area contributed by atoms with Gasteiger partial charge >= 0.3 is 0 Å². The number of likely N-dealkylation sites (tertiary alicyclic amines) is 1. The minimum atomic E-state index is -0.498. The molecule has 0 radical (unpaired) electrons. The summed E-state index contributed by atoms with van der Waals surface area (Å²) in [6.45, 7) is 9.91. The molecule has 2 aromatic rings. The molecular formula is C27H28F2N4S. The molecule has 0 saturated carbocycles. The Bertz CT molecular complexity index is 1190. The van der Waals surface area contributed by atoms with Gasteiger partial charge in [0.05, 0.1) is 17.9 Å². The van der Waals surface area contributed by atoms with Gasteiger partial charge in [-0.3, -0.25) is 0 Å². The second-order valence-electron chi connectivity index (χ2n) is 8.62. The van der Waals surface area contributed by atoms with E-state index in [1.54, 1.807) is 29.6 Å². The maximum atomic E-state index is 14.7. The van der Waals surface area contributed by atoms with Gasteiger partial charge in [-0.1, -0.05) is 31.4 Å².